The third-order valence-corrected chi connectivity index (χ3v) is 3.47. The topological polar surface area (TPSA) is 58.6 Å². The molecule has 0 heterocycles. The maximum atomic E-state index is 13.6. The summed E-state index contributed by atoms with van der Waals surface area (Å²) in [5.41, 5.74) is 0.0150. The molecule has 2 N–H and O–H groups in total. The highest BCUT2D eigenvalue weighted by Crippen LogP contribution is 2.16. The van der Waals surface area contributed by atoms with Crippen molar-refractivity contribution < 1.29 is 19.0 Å². The van der Waals surface area contributed by atoms with Gasteiger partial charge in [0.15, 0.2) is 0 Å². The highest BCUT2D eigenvalue weighted by molar-refractivity contribution is 7.99. The molecule has 0 aliphatic rings. The van der Waals surface area contributed by atoms with Gasteiger partial charge in [0.2, 0.25) is 0 Å². The third-order valence-electron chi connectivity index (χ3n) is 2.40. The fourth-order valence-corrected chi connectivity index (χ4v) is 2.19. The molecule has 1 amide bonds. The van der Waals surface area contributed by atoms with Crippen LogP contribution in [0.2, 0.25) is 0 Å². The van der Waals surface area contributed by atoms with E-state index >= 15 is 0 Å². The van der Waals surface area contributed by atoms with Crippen LogP contribution in [-0.4, -0.2) is 42.8 Å². The van der Waals surface area contributed by atoms with Gasteiger partial charge < -0.3 is 15.2 Å². The molecule has 0 unspecified atom stereocenters. The second-order valence-electron chi connectivity index (χ2n) is 3.79. The zero-order chi connectivity index (χ0) is 14.1. The molecule has 106 valence electrons. The molecule has 0 radical (unpaired) electrons. The van der Waals surface area contributed by atoms with Crippen LogP contribution in [0.1, 0.15) is 16.8 Å². The number of ether oxygens (including phenoxy) is 1. The van der Waals surface area contributed by atoms with Crippen LogP contribution < -0.4 is 10.1 Å². The third kappa shape index (κ3) is 5.48. The Morgan fingerprint density at radius 3 is 2.89 bits per heavy atom. The normalized spacial score (nSPS) is 10.3. The lowest BCUT2D eigenvalue weighted by Crippen LogP contribution is -2.26. The van der Waals surface area contributed by atoms with E-state index in [-0.39, 0.29) is 12.2 Å². The molecule has 1 aromatic carbocycles. The monoisotopic (exact) mass is 287 g/mol. The number of halogens is 1. The lowest BCUT2D eigenvalue weighted by atomic mass is 10.2. The van der Waals surface area contributed by atoms with E-state index in [0.29, 0.717) is 12.3 Å². The molecule has 0 aliphatic carbocycles. The first-order valence-corrected chi connectivity index (χ1v) is 7.15. The molecule has 0 aromatic heterocycles. The van der Waals surface area contributed by atoms with Crippen molar-refractivity contribution >= 4 is 17.7 Å². The van der Waals surface area contributed by atoms with Crippen molar-refractivity contribution in [1.82, 2.24) is 5.32 Å². The fourth-order valence-electron chi connectivity index (χ4n) is 1.41. The summed E-state index contributed by atoms with van der Waals surface area (Å²) in [6.07, 6.45) is 0.742. The van der Waals surface area contributed by atoms with E-state index in [1.54, 1.807) is 17.8 Å². The molecule has 0 saturated carbocycles. The second kappa shape index (κ2) is 8.77. The van der Waals surface area contributed by atoms with Crippen molar-refractivity contribution in [2.45, 2.75) is 6.42 Å². The zero-order valence-electron chi connectivity index (χ0n) is 10.8. The number of hydrogen-bond acceptors (Lipinski definition) is 4. The van der Waals surface area contributed by atoms with Gasteiger partial charge in [-0.25, -0.2) is 4.39 Å². The van der Waals surface area contributed by atoms with Gasteiger partial charge in [-0.1, -0.05) is 0 Å². The van der Waals surface area contributed by atoms with E-state index < -0.39 is 11.7 Å². The summed E-state index contributed by atoms with van der Waals surface area (Å²) in [4.78, 5) is 11.7. The first-order valence-electron chi connectivity index (χ1n) is 5.99. The molecule has 6 heteroatoms. The van der Waals surface area contributed by atoms with E-state index in [0.717, 1.165) is 17.9 Å². The number of hydrogen-bond donors (Lipinski definition) is 2. The molecule has 19 heavy (non-hydrogen) atoms. The van der Waals surface area contributed by atoms with E-state index in [4.69, 9.17) is 9.84 Å². The van der Waals surface area contributed by atoms with E-state index in [2.05, 4.69) is 5.32 Å². The molecule has 1 rings (SSSR count). The Balaban J connectivity index is 2.37. The van der Waals surface area contributed by atoms with Gasteiger partial charge in [0.25, 0.3) is 5.91 Å². The quantitative estimate of drug-likeness (QED) is 0.714. The molecule has 0 aliphatic heterocycles. The molecular weight excluding hydrogens is 269 g/mol. The Morgan fingerprint density at radius 2 is 2.26 bits per heavy atom. The summed E-state index contributed by atoms with van der Waals surface area (Å²) < 4.78 is 18.5. The van der Waals surface area contributed by atoms with Crippen LogP contribution >= 0.6 is 11.8 Å². The van der Waals surface area contributed by atoms with Crippen molar-refractivity contribution in [3.8, 4) is 5.75 Å². The summed E-state index contributed by atoms with van der Waals surface area (Å²) in [7, 11) is 1.44. The summed E-state index contributed by atoms with van der Waals surface area (Å²) >= 11 is 1.64. The van der Waals surface area contributed by atoms with Gasteiger partial charge in [-0.2, -0.15) is 11.8 Å². The van der Waals surface area contributed by atoms with Crippen molar-refractivity contribution in [2.24, 2.45) is 0 Å². The minimum Gasteiger partial charge on any atom is -0.497 e. The lowest BCUT2D eigenvalue weighted by molar-refractivity contribution is 0.0952. The van der Waals surface area contributed by atoms with Crippen LogP contribution in [0.15, 0.2) is 18.2 Å². The van der Waals surface area contributed by atoms with Crippen molar-refractivity contribution in [3.05, 3.63) is 29.6 Å². The van der Waals surface area contributed by atoms with Crippen molar-refractivity contribution in [2.75, 3.05) is 31.8 Å². The number of nitrogens with one attached hydrogen (secondary N) is 1. The van der Waals surface area contributed by atoms with Crippen LogP contribution in [0, 0.1) is 5.82 Å². The smallest absolute Gasteiger partial charge is 0.254 e. The van der Waals surface area contributed by atoms with Crippen LogP contribution in [0.4, 0.5) is 4.39 Å². The van der Waals surface area contributed by atoms with Crippen molar-refractivity contribution in [3.63, 3.8) is 0 Å². The van der Waals surface area contributed by atoms with Gasteiger partial charge in [-0.05, 0) is 24.3 Å². The maximum absolute atomic E-state index is 13.6. The first kappa shape index (κ1) is 15.8. The average molecular weight is 287 g/mol. The lowest BCUT2D eigenvalue weighted by Gasteiger charge is -2.07. The van der Waals surface area contributed by atoms with Gasteiger partial charge in [0, 0.05) is 25.0 Å². The molecule has 0 spiro atoms. The molecule has 4 nitrogen and oxygen atoms in total. The Hall–Kier alpha value is -1.27. The molecule has 0 bridgehead atoms. The van der Waals surface area contributed by atoms with E-state index in [9.17, 15) is 9.18 Å². The molecule has 1 aromatic rings. The Kier molecular flexibility index (Phi) is 7.28. The van der Waals surface area contributed by atoms with Crippen molar-refractivity contribution in [1.29, 1.82) is 0 Å². The zero-order valence-corrected chi connectivity index (χ0v) is 11.6. The van der Waals surface area contributed by atoms with E-state index in [1.165, 1.54) is 19.2 Å². The molecular formula is C13H18FNO3S. The number of methoxy groups -OCH3 is 1. The average Bonchev–Trinajstić information content (AvgIpc) is 2.42. The second-order valence-corrected chi connectivity index (χ2v) is 5.02. The number of benzene rings is 1. The number of rotatable bonds is 8. The van der Waals surface area contributed by atoms with Crippen LogP contribution in [0.5, 0.6) is 5.75 Å². The first-order chi connectivity index (χ1) is 9.19. The summed E-state index contributed by atoms with van der Waals surface area (Å²) in [6, 6.07) is 4.14. The van der Waals surface area contributed by atoms with E-state index in [1.807, 2.05) is 0 Å². The maximum Gasteiger partial charge on any atom is 0.254 e. The number of carbonyl (C=O) groups excluding carboxylic acids is 1. The summed E-state index contributed by atoms with van der Waals surface area (Å²) in [6.45, 7) is 0.650. The highest BCUT2D eigenvalue weighted by Gasteiger charge is 2.11. The van der Waals surface area contributed by atoms with Gasteiger partial charge in [0.1, 0.15) is 11.6 Å². The number of amides is 1. The summed E-state index contributed by atoms with van der Waals surface area (Å²) in [5.74, 6) is 0.952. The molecule has 0 fully saturated rings. The van der Waals surface area contributed by atoms with Gasteiger partial charge in [0.05, 0.1) is 12.7 Å². The SMILES string of the molecule is COc1ccc(C(=O)NCCSCCCO)c(F)c1. The largest absolute Gasteiger partial charge is 0.497 e. The van der Waals surface area contributed by atoms with Crippen LogP contribution in [-0.2, 0) is 0 Å². The van der Waals surface area contributed by atoms with Gasteiger partial charge >= 0.3 is 0 Å². The molecule has 0 atom stereocenters. The standard InChI is InChI=1S/C13H18FNO3S/c1-18-10-3-4-11(12(14)9-10)13(17)15-5-8-19-7-2-6-16/h3-4,9,16H,2,5-8H2,1H3,(H,15,17). The predicted molar refractivity (Wildman–Crippen MR) is 74.3 cm³/mol. The predicted octanol–water partition coefficient (Wildman–Crippen LogP) is 1.68. The van der Waals surface area contributed by atoms with Crippen LogP contribution in [0.25, 0.3) is 0 Å². The fraction of sp³-hybridized carbons (Fsp3) is 0.462. The highest BCUT2D eigenvalue weighted by atomic mass is 32.2. The minimum atomic E-state index is -0.593. The number of thioether (sulfide) groups is 1. The number of aliphatic hydroxyl groups is 1. The van der Waals surface area contributed by atoms with Gasteiger partial charge in [-0.15, -0.1) is 0 Å². The minimum absolute atomic E-state index is 0.0150. The summed E-state index contributed by atoms with van der Waals surface area (Å²) in [5, 5.41) is 11.2. The number of carbonyl (C=O) groups is 1. The Bertz CT molecular complexity index is 415. The van der Waals surface area contributed by atoms with Crippen LogP contribution in [0.3, 0.4) is 0 Å². The number of aliphatic hydroxyl groups excluding tert-OH is 1. The molecule has 0 saturated heterocycles. The Morgan fingerprint density at radius 1 is 1.47 bits per heavy atom. The Labute approximate surface area is 116 Å². The van der Waals surface area contributed by atoms with Gasteiger partial charge in [-0.3, -0.25) is 4.79 Å².